The summed E-state index contributed by atoms with van der Waals surface area (Å²) in [5, 5.41) is 3.55. The number of hydrogen-bond donors (Lipinski definition) is 1. The van der Waals surface area contributed by atoms with Crippen molar-refractivity contribution in [2.75, 3.05) is 12.4 Å². The summed E-state index contributed by atoms with van der Waals surface area (Å²) in [6.45, 7) is 2.20. The van der Waals surface area contributed by atoms with Crippen molar-refractivity contribution in [2.45, 2.75) is 19.4 Å². The molecular weight excluding hydrogens is 349 g/mol. The van der Waals surface area contributed by atoms with Gasteiger partial charge in [-0.1, -0.05) is 24.3 Å². The normalized spacial score (nSPS) is 11.9. The summed E-state index contributed by atoms with van der Waals surface area (Å²) >= 11 is 2.36. The van der Waals surface area contributed by atoms with Crippen LogP contribution in [0.4, 0.5) is 5.69 Å². The molecule has 19 heavy (non-hydrogen) atoms. The zero-order valence-corrected chi connectivity index (χ0v) is 13.3. The fourth-order valence-electron chi connectivity index (χ4n) is 2.01. The van der Waals surface area contributed by atoms with Crippen molar-refractivity contribution in [3.63, 3.8) is 0 Å². The van der Waals surface area contributed by atoms with Gasteiger partial charge in [0, 0.05) is 15.3 Å². The van der Waals surface area contributed by atoms with E-state index in [4.69, 9.17) is 4.74 Å². The second-order valence-electron chi connectivity index (χ2n) is 4.58. The molecule has 2 rings (SSSR count). The monoisotopic (exact) mass is 367 g/mol. The van der Waals surface area contributed by atoms with Crippen LogP contribution >= 0.6 is 22.6 Å². The molecule has 0 radical (unpaired) electrons. The molecule has 0 heterocycles. The fourth-order valence-corrected chi connectivity index (χ4v) is 2.55. The molecule has 0 fully saturated rings. The van der Waals surface area contributed by atoms with E-state index >= 15 is 0 Å². The van der Waals surface area contributed by atoms with Crippen LogP contribution in [0.3, 0.4) is 0 Å². The minimum Gasteiger partial charge on any atom is -0.497 e. The van der Waals surface area contributed by atoms with Gasteiger partial charge in [0.1, 0.15) is 5.75 Å². The first-order chi connectivity index (χ1) is 9.19. The molecular formula is C16H18INO. The minimum atomic E-state index is 0.393. The summed E-state index contributed by atoms with van der Waals surface area (Å²) in [6.07, 6.45) is 0.995. The Hall–Kier alpha value is -1.23. The van der Waals surface area contributed by atoms with E-state index in [0.29, 0.717) is 6.04 Å². The third-order valence-corrected chi connectivity index (χ3v) is 3.92. The smallest absolute Gasteiger partial charge is 0.118 e. The summed E-state index contributed by atoms with van der Waals surface area (Å²) in [6, 6.07) is 17.0. The number of nitrogens with one attached hydrogen (secondary N) is 1. The van der Waals surface area contributed by atoms with Gasteiger partial charge in [0.2, 0.25) is 0 Å². The number of halogens is 1. The second kappa shape index (κ2) is 6.80. The first-order valence-corrected chi connectivity index (χ1v) is 7.41. The average molecular weight is 367 g/mol. The summed E-state index contributed by atoms with van der Waals surface area (Å²) in [5.74, 6) is 0.905. The minimum absolute atomic E-state index is 0.393. The van der Waals surface area contributed by atoms with Gasteiger partial charge in [0.25, 0.3) is 0 Å². The van der Waals surface area contributed by atoms with Crippen molar-refractivity contribution >= 4 is 28.3 Å². The van der Waals surface area contributed by atoms with Crippen LogP contribution in [0.15, 0.2) is 48.5 Å². The highest BCUT2D eigenvalue weighted by Gasteiger charge is 2.05. The number of methoxy groups -OCH3 is 1. The molecule has 0 saturated heterocycles. The molecule has 0 amide bonds. The maximum atomic E-state index is 5.17. The lowest BCUT2D eigenvalue weighted by Crippen LogP contribution is -2.18. The van der Waals surface area contributed by atoms with Crippen molar-refractivity contribution in [1.29, 1.82) is 0 Å². The summed E-state index contributed by atoms with van der Waals surface area (Å²) in [5.41, 5.74) is 2.51. The first-order valence-electron chi connectivity index (χ1n) is 6.33. The Balaban J connectivity index is 1.97. The molecule has 1 unspecified atom stereocenters. The highest BCUT2D eigenvalue weighted by Crippen LogP contribution is 2.19. The molecule has 0 aromatic heterocycles. The van der Waals surface area contributed by atoms with Gasteiger partial charge in [-0.3, -0.25) is 0 Å². The standard InChI is InChI=1S/C16H18INO/c1-12(18-16-6-4-3-5-15(16)17)11-13-7-9-14(19-2)10-8-13/h3-10,12,18H,11H2,1-2H3. The van der Waals surface area contributed by atoms with E-state index < -0.39 is 0 Å². The Morgan fingerprint density at radius 3 is 2.42 bits per heavy atom. The van der Waals surface area contributed by atoms with E-state index in [1.807, 2.05) is 12.1 Å². The number of anilines is 1. The zero-order chi connectivity index (χ0) is 13.7. The van der Waals surface area contributed by atoms with Gasteiger partial charge >= 0.3 is 0 Å². The van der Waals surface area contributed by atoms with Crippen molar-refractivity contribution in [2.24, 2.45) is 0 Å². The topological polar surface area (TPSA) is 21.3 Å². The molecule has 100 valence electrons. The highest BCUT2D eigenvalue weighted by molar-refractivity contribution is 14.1. The van der Waals surface area contributed by atoms with Gasteiger partial charge < -0.3 is 10.1 Å². The predicted octanol–water partition coefficient (Wildman–Crippen LogP) is 4.34. The van der Waals surface area contributed by atoms with Crippen molar-refractivity contribution < 1.29 is 4.74 Å². The Kier molecular flexibility index (Phi) is 5.07. The van der Waals surface area contributed by atoms with Crippen molar-refractivity contribution in [1.82, 2.24) is 0 Å². The number of hydrogen-bond acceptors (Lipinski definition) is 2. The van der Waals surface area contributed by atoms with Crippen LogP contribution in [0.2, 0.25) is 0 Å². The Labute approximate surface area is 128 Å². The van der Waals surface area contributed by atoms with Crippen LogP contribution in [0, 0.1) is 3.57 Å². The largest absolute Gasteiger partial charge is 0.497 e. The number of benzene rings is 2. The van der Waals surface area contributed by atoms with Gasteiger partial charge in [0.05, 0.1) is 7.11 Å². The Bertz CT molecular complexity index is 525. The SMILES string of the molecule is COc1ccc(CC(C)Nc2ccccc2I)cc1. The maximum Gasteiger partial charge on any atom is 0.118 e. The van der Waals surface area contributed by atoms with E-state index in [1.165, 1.54) is 14.8 Å². The third-order valence-electron chi connectivity index (χ3n) is 2.98. The van der Waals surface area contributed by atoms with Crippen LogP contribution in [-0.2, 0) is 6.42 Å². The van der Waals surface area contributed by atoms with Gasteiger partial charge in [-0.25, -0.2) is 0 Å². The van der Waals surface area contributed by atoms with Crippen LogP contribution < -0.4 is 10.1 Å². The molecule has 0 aliphatic heterocycles. The van der Waals surface area contributed by atoms with E-state index in [1.54, 1.807) is 7.11 Å². The zero-order valence-electron chi connectivity index (χ0n) is 11.2. The van der Waals surface area contributed by atoms with Gasteiger partial charge in [-0.15, -0.1) is 0 Å². The lowest BCUT2D eigenvalue weighted by Gasteiger charge is -2.16. The van der Waals surface area contributed by atoms with Crippen LogP contribution in [0.25, 0.3) is 0 Å². The van der Waals surface area contributed by atoms with Gasteiger partial charge in [0.15, 0.2) is 0 Å². The summed E-state index contributed by atoms with van der Waals surface area (Å²) < 4.78 is 6.42. The fraction of sp³-hybridized carbons (Fsp3) is 0.250. The summed E-state index contributed by atoms with van der Waals surface area (Å²) in [7, 11) is 1.69. The van der Waals surface area contributed by atoms with E-state index in [-0.39, 0.29) is 0 Å². The third kappa shape index (κ3) is 4.13. The maximum absolute atomic E-state index is 5.17. The quantitative estimate of drug-likeness (QED) is 0.794. The molecule has 2 aromatic rings. The highest BCUT2D eigenvalue weighted by atomic mass is 127. The van der Waals surface area contributed by atoms with E-state index in [9.17, 15) is 0 Å². The second-order valence-corrected chi connectivity index (χ2v) is 5.74. The lowest BCUT2D eigenvalue weighted by atomic mass is 10.1. The molecule has 2 nitrogen and oxygen atoms in total. The molecule has 0 aliphatic carbocycles. The number of ether oxygens (including phenoxy) is 1. The Morgan fingerprint density at radius 1 is 1.11 bits per heavy atom. The summed E-state index contributed by atoms with van der Waals surface area (Å²) in [4.78, 5) is 0. The Morgan fingerprint density at radius 2 is 1.79 bits per heavy atom. The molecule has 1 atom stereocenters. The lowest BCUT2D eigenvalue weighted by molar-refractivity contribution is 0.414. The van der Waals surface area contributed by atoms with Crippen LogP contribution in [0.1, 0.15) is 12.5 Å². The van der Waals surface area contributed by atoms with E-state index in [0.717, 1.165) is 12.2 Å². The number of rotatable bonds is 5. The average Bonchev–Trinajstić information content (AvgIpc) is 2.42. The van der Waals surface area contributed by atoms with Crippen molar-refractivity contribution in [3.8, 4) is 5.75 Å². The predicted molar refractivity (Wildman–Crippen MR) is 88.9 cm³/mol. The van der Waals surface area contributed by atoms with Crippen LogP contribution in [-0.4, -0.2) is 13.2 Å². The molecule has 3 heteroatoms. The molecule has 0 saturated carbocycles. The van der Waals surface area contributed by atoms with E-state index in [2.05, 4.69) is 71.2 Å². The van der Waals surface area contributed by atoms with Gasteiger partial charge in [-0.2, -0.15) is 0 Å². The van der Waals surface area contributed by atoms with Crippen LogP contribution in [0.5, 0.6) is 5.75 Å². The van der Waals surface area contributed by atoms with Crippen molar-refractivity contribution in [3.05, 3.63) is 57.7 Å². The molecule has 1 N–H and O–H groups in total. The first kappa shape index (κ1) is 14.2. The molecule has 0 bridgehead atoms. The van der Waals surface area contributed by atoms with Gasteiger partial charge in [-0.05, 0) is 65.8 Å². The molecule has 0 aliphatic rings. The molecule has 0 spiro atoms. The number of para-hydroxylation sites is 1. The molecule has 2 aromatic carbocycles.